The Labute approximate surface area is 266 Å². The van der Waals surface area contributed by atoms with Crippen LogP contribution in [0.1, 0.15) is 117 Å². The molecule has 12 nitrogen and oxygen atoms in total. The van der Waals surface area contributed by atoms with Crippen molar-refractivity contribution in [3.63, 3.8) is 0 Å². The predicted octanol–water partition coefficient (Wildman–Crippen LogP) is 6.17. The third-order valence-corrected chi connectivity index (χ3v) is 8.36. The number of nitrogens with zero attached hydrogens (tertiary/aromatic N) is 6. The molecule has 0 saturated carbocycles. The van der Waals surface area contributed by atoms with Gasteiger partial charge in [0.2, 0.25) is 15.8 Å². The minimum absolute atomic E-state index is 0.246. The van der Waals surface area contributed by atoms with Crippen molar-refractivity contribution in [2.24, 2.45) is 0 Å². The molecule has 0 aliphatic carbocycles. The van der Waals surface area contributed by atoms with E-state index in [-0.39, 0.29) is 17.7 Å². The number of rotatable bonds is 21. The van der Waals surface area contributed by atoms with Crippen LogP contribution in [-0.4, -0.2) is 15.8 Å². The zero-order valence-electron chi connectivity index (χ0n) is 27.6. The van der Waals surface area contributed by atoms with Crippen LogP contribution in [0.2, 0.25) is 0 Å². The maximum Gasteiger partial charge on any atom is 0.304 e. The second-order valence-electron chi connectivity index (χ2n) is 12.1. The molecule has 6 N–H and O–H groups in total. The van der Waals surface area contributed by atoms with Crippen molar-refractivity contribution in [3.8, 4) is 33.8 Å². The van der Waals surface area contributed by atoms with Gasteiger partial charge in [-0.2, -0.15) is 0 Å². The first-order valence-corrected chi connectivity index (χ1v) is 17.1. The molecule has 0 aliphatic rings. The molecule has 1 aromatic carbocycles. The average molecular weight is 625 g/mol. The van der Waals surface area contributed by atoms with Gasteiger partial charge in [0.15, 0.2) is 19.6 Å². The maximum absolute atomic E-state index is 6.42. The van der Waals surface area contributed by atoms with Gasteiger partial charge >= 0.3 is 34.7 Å². The first-order chi connectivity index (χ1) is 22.0. The third kappa shape index (κ3) is 9.04. The molecule has 4 aromatic rings. The molecule has 0 bridgehead atoms. The largest absolute Gasteiger partial charge is 0.362 e. The van der Waals surface area contributed by atoms with E-state index >= 15 is 0 Å². The Kier molecular flexibility index (Phi) is 13.2. The fourth-order valence-electron chi connectivity index (χ4n) is 5.88. The summed E-state index contributed by atoms with van der Waals surface area (Å²) in [5.41, 5.74) is 23.8. The van der Waals surface area contributed by atoms with Crippen LogP contribution in [0.25, 0.3) is 33.8 Å². The van der Waals surface area contributed by atoms with Gasteiger partial charge in [-0.05, 0) is 51.5 Å². The summed E-state index contributed by atoms with van der Waals surface area (Å²) in [6.07, 6.45) is 17.1. The van der Waals surface area contributed by atoms with E-state index < -0.39 is 0 Å². The highest BCUT2D eigenvalue weighted by Crippen LogP contribution is 2.35. The van der Waals surface area contributed by atoms with E-state index in [0.717, 1.165) is 55.2 Å². The molecule has 0 amide bonds. The van der Waals surface area contributed by atoms with Crippen molar-refractivity contribution in [1.29, 1.82) is 0 Å². The summed E-state index contributed by atoms with van der Waals surface area (Å²) in [5, 5.41) is 12.9. The topological polar surface area (TPSA) is 168 Å². The highest BCUT2D eigenvalue weighted by Gasteiger charge is 2.33. The van der Waals surface area contributed by atoms with Gasteiger partial charge in [0.1, 0.15) is 0 Å². The molecular formula is C33H54N9O3+3. The fraction of sp³-hybridized carbons (Fsp3) is 0.636. The van der Waals surface area contributed by atoms with E-state index in [1.807, 2.05) is 32.2 Å². The Bertz CT molecular complexity index is 1280. The summed E-state index contributed by atoms with van der Waals surface area (Å²) in [5.74, 6) is 0.738. The van der Waals surface area contributed by atoms with Crippen LogP contribution in [0.5, 0.6) is 0 Å². The van der Waals surface area contributed by atoms with Crippen molar-refractivity contribution in [2.45, 2.75) is 137 Å². The fourth-order valence-corrected chi connectivity index (χ4v) is 5.88. The highest BCUT2D eigenvalue weighted by molar-refractivity contribution is 5.81. The molecule has 3 heterocycles. The summed E-state index contributed by atoms with van der Waals surface area (Å²) < 4.78 is 22.1. The number of benzene rings is 1. The molecule has 0 atom stereocenters. The number of aromatic nitrogens is 6. The van der Waals surface area contributed by atoms with Gasteiger partial charge in [0.05, 0.1) is 16.7 Å². The quantitative estimate of drug-likeness (QED) is 0.0725. The number of anilines is 3. The standard InChI is InChI=1S/C33H54N9O3/c1-4-7-10-13-16-19-40-28(31(34)43-37-40)25-22-26(29-32(35)44-38-41(29)20-17-14-11-8-5-2)24-27(23-25)30-33(36)45-39-42(30)21-18-15-12-9-6-3/h22-24H,4-21,34-36H2,1-3H3/q+3. The molecule has 0 unspecified atom stereocenters. The van der Waals surface area contributed by atoms with Crippen LogP contribution in [0.4, 0.5) is 17.7 Å². The van der Waals surface area contributed by atoms with Gasteiger partial charge in [0.25, 0.3) is 0 Å². The van der Waals surface area contributed by atoms with E-state index in [0.29, 0.717) is 36.7 Å². The molecular weight excluding hydrogens is 570 g/mol. The molecule has 3 aromatic heterocycles. The van der Waals surface area contributed by atoms with Crippen LogP contribution >= 0.6 is 0 Å². The van der Waals surface area contributed by atoms with E-state index in [4.69, 9.17) is 30.8 Å². The van der Waals surface area contributed by atoms with Crippen molar-refractivity contribution < 1.29 is 27.6 Å². The van der Waals surface area contributed by atoms with E-state index in [2.05, 4.69) is 36.6 Å². The summed E-state index contributed by atoms with van der Waals surface area (Å²) in [4.78, 5) is 0. The second kappa shape index (κ2) is 17.5. The van der Waals surface area contributed by atoms with Crippen molar-refractivity contribution >= 4 is 17.7 Å². The Balaban J connectivity index is 1.74. The lowest BCUT2D eigenvalue weighted by Gasteiger charge is -2.05. The van der Waals surface area contributed by atoms with Gasteiger partial charge in [-0.15, -0.1) is 0 Å². The SMILES string of the molecule is CCCCCCC[n+]1noc(N)c1-c1cc(-c2c(N)on[n+]2CCCCCCC)cc(-c2c(N)on[n+]2CCCCCCC)c1. The van der Waals surface area contributed by atoms with E-state index in [1.54, 1.807) is 0 Å². The Morgan fingerprint density at radius 3 is 0.978 bits per heavy atom. The predicted molar refractivity (Wildman–Crippen MR) is 173 cm³/mol. The molecule has 246 valence electrons. The van der Waals surface area contributed by atoms with Crippen LogP contribution in [-0.2, 0) is 19.6 Å². The zero-order chi connectivity index (χ0) is 32.0. The maximum atomic E-state index is 6.42. The summed E-state index contributed by atoms with van der Waals surface area (Å²) >= 11 is 0. The summed E-state index contributed by atoms with van der Waals surface area (Å²) in [7, 11) is 0. The lowest BCUT2D eigenvalue weighted by Crippen LogP contribution is -2.39. The number of hydrogen-bond donors (Lipinski definition) is 3. The van der Waals surface area contributed by atoms with E-state index in [1.165, 1.54) is 57.8 Å². The summed E-state index contributed by atoms with van der Waals surface area (Å²) in [6, 6.07) is 6.11. The smallest absolute Gasteiger partial charge is 0.304 e. The molecule has 45 heavy (non-hydrogen) atoms. The van der Waals surface area contributed by atoms with Crippen LogP contribution in [0, 0.1) is 0 Å². The molecule has 12 heteroatoms. The van der Waals surface area contributed by atoms with Gasteiger partial charge in [0, 0.05) is 19.3 Å². The van der Waals surface area contributed by atoms with Crippen molar-refractivity contribution in [1.82, 2.24) is 15.8 Å². The third-order valence-electron chi connectivity index (χ3n) is 8.36. The number of hydrogen-bond acceptors (Lipinski definition) is 9. The number of unbranched alkanes of at least 4 members (excludes halogenated alkanes) is 12. The van der Waals surface area contributed by atoms with Crippen molar-refractivity contribution in [3.05, 3.63) is 18.2 Å². The zero-order valence-corrected chi connectivity index (χ0v) is 27.6. The lowest BCUT2D eigenvalue weighted by molar-refractivity contribution is -0.753. The first-order valence-electron chi connectivity index (χ1n) is 17.1. The molecule has 0 radical (unpaired) electrons. The minimum Gasteiger partial charge on any atom is -0.362 e. The molecule has 0 aliphatic heterocycles. The van der Waals surface area contributed by atoms with Gasteiger partial charge in [-0.3, -0.25) is 13.6 Å². The van der Waals surface area contributed by atoms with Crippen LogP contribution < -0.4 is 31.2 Å². The van der Waals surface area contributed by atoms with Crippen molar-refractivity contribution in [2.75, 3.05) is 17.2 Å². The normalized spacial score (nSPS) is 11.5. The molecule has 0 fully saturated rings. The minimum atomic E-state index is 0.246. The van der Waals surface area contributed by atoms with E-state index in [9.17, 15) is 0 Å². The second-order valence-corrected chi connectivity index (χ2v) is 12.1. The number of aryl methyl sites for hydroxylation is 3. The Morgan fingerprint density at radius 1 is 0.444 bits per heavy atom. The van der Waals surface area contributed by atoms with Gasteiger partial charge < -0.3 is 17.2 Å². The van der Waals surface area contributed by atoms with Crippen LogP contribution in [0.15, 0.2) is 31.8 Å². The first kappa shape index (κ1) is 33.9. The highest BCUT2D eigenvalue weighted by atomic mass is 16.5. The summed E-state index contributed by atoms with van der Waals surface area (Å²) in [6.45, 7) is 8.73. The Morgan fingerprint density at radius 2 is 0.711 bits per heavy atom. The number of nitrogens with two attached hydrogens (primary N) is 3. The average Bonchev–Trinajstić information content (AvgIpc) is 3.72. The van der Waals surface area contributed by atoms with Gasteiger partial charge in [-0.1, -0.05) is 78.6 Å². The number of nitrogen functional groups attached to an aromatic ring is 3. The van der Waals surface area contributed by atoms with Crippen LogP contribution in [0.3, 0.4) is 0 Å². The molecule has 4 rings (SSSR count). The monoisotopic (exact) mass is 624 g/mol. The molecule has 0 spiro atoms. The molecule has 0 saturated heterocycles. The van der Waals surface area contributed by atoms with Gasteiger partial charge in [-0.25, -0.2) is 0 Å². The lowest BCUT2D eigenvalue weighted by atomic mass is 9.99. The Hall–Kier alpha value is -3.96.